The minimum atomic E-state index is -0.683. The summed E-state index contributed by atoms with van der Waals surface area (Å²) >= 11 is 7.29. The number of carbonyl (C=O) groups excluding carboxylic acids is 1. The Morgan fingerprint density at radius 3 is 2.63 bits per heavy atom. The summed E-state index contributed by atoms with van der Waals surface area (Å²) in [5, 5.41) is 20.3. The van der Waals surface area contributed by atoms with E-state index in [2.05, 4.69) is 10.2 Å². The lowest BCUT2D eigenvalue weighted by molar-refractivity contribution is -0.387. The van der Waals surface area contributed by atoms with E-state index in [0.29, 0.717) is 20.8 Å². The maximum Gasteiger partial charge on any atom is 0.343 e. The topological polar surface area (TPSA) is 100 Å². The summed E-state index contributed by atoms with van der Waals surface area (Å²) in [6.45, 7) is 5.73. The molecule has 0 amide bonds. The van der Waals surface area contributed by atoms with Crippen molar-refractivity contribution in [3.05, 3.63) is 68.5 Å². The molecule has 1 heterocycles. The molecule has 0 N–H and O–H groups in total. The van der Waals surface area contributed by atoms with Crippen LogP contribution in [0.15, 0.2) is 46.7 Å². The fourth-order valence-corrected chi connectivity index (χ4v) is 3.73. The van der Waals surface area contributed by atoms with Crippen molar-refractivity contribution < 1.29 is 14.5 Å². The monoisotopic (exact) mass is 446 g/mol. The first-order chi connectivity index (χ1) is 14.2. The van der Waals surface area contributed by atoms with Crippen LogP contribution in [0.1, 0.15) is 41.3 Å². The van der Waals surface area contributed by atoms with Crippen LogP contribution in [0.25, 0.3) is 0 Å². The number of hydrogen-bond donors (Lipinski definition) is 0. The van der Waals surface area contributed by atoms with Gasteiger partial charge in [0, 0.05) is 18.1 Å². The number of aromatic nitrogens is 3. The molecule has 0 saturated heterocycles. The van der Waals surface area contributed by atoms with Crippen molar-refractivity contribution in [2.45, 2.75) is 36.7 Å². The lowest BCUT2D eigenvalue weighted by atomic mass is 10.0. The molecule has 0 atom stereocenters. The molecule has 0 aliphatic heterocycles. The van der Waals surface area contributed by atoms with Gasteiger partial charge in [-0.2, -0.15) is 0 Å². The van der Waals surface area contributed by atoms with Gasteiger partial charge >= 0.3 is 5.97 Å². The van der Waals surface area contributed by atoms with Gasteiger partial charge in [-0.25, -0.2) is 4.79 Å². The first kappa shape index (κ1) is 21.8. The summed E-state index contributed by atoms with van der Waals surface area (Å²) < 4.78 is 7.22. The van der Waals surface area contributed by atoms with Crippen LogP contribution < -0.4 is 4.74 Å². The van der Waals surface area contributed by atoms with Crippen LogP contribution in [0.3, 0.4) is 0 Å². The zero-order valence-electron chi connectivity index (χ0n) is 16.7. The fraction of sp³-hybridized carbons (Fsp3) is 0.250. The number of ether oxygens (including phenoxy) is 1. The minimum Gasteiger partial charge on any atom is -0.423 e. The molecule has 8 nitrogen and oxygen atoms in total. The number of benzene rings is 2. The predicted molar refractivity (Wildman–Crippen MR) is 113 cm³/mol. The van der Waals surface area contributed by atoms with Crippen molar-refractivity contribution in [2.75, 3.05) is 0 Å². The lowest BCUT2D eigenvalue weighted by Crippen LogP contribution is -2.11. The van der Waals surface area contributed by atoms with Crippen LogP contribution in [0.4, 0.5) is 5.69 Å². The molecule has 0 unspecified atom stereocenters. The van der Waals surface area contributed by atoms with Crippen LogP contribution in [0.5, 0.6) is 5.75 Å². The molecule has 0 radical (unpaired) electrons. The van der Waals surface area contributed by atoms with Crippen LogP contribution in [-0.2, 0) is 7.05 Å². The SMILES string of the molecule is Cc1cc(OC(=O)c2ccc(Sc3nncn3C)c([N+](=O)[O-])c2)c(C(C)C)cc1Cl. The van der Waals surface area contributed by atoms with Gasteiger partial charge in [-0.3, -0.25) is 10.1 Å². The Hall–Kier alpha value is -2.91. The Kier molecular flexibility index (Phi) is 6.42. The van der Waals surface area contributed by atoms with Gasteiger partial charge in [-0.1, -0.05) is 25.4 Å². The fourth-order valence-electron chi connectivity index (χ4n) is 2.71. The van der Waals surface area contributed by atoms with Crippen molar-refractivity contribution in [1.29, 1.82) is 0 Å². The zero-order chi connectivity index (χ0) is 22.0. The molecule has 0 saturated carbocycles. The molecule has 3 aromatic rings. The van der Waals surface area contributed by atoms with Crippen molar-refractivity contribution >= 4 is 35.0 Å². The van der Waals surface area contributed by atoms with Gasteiger partial charge in [0.25, 0.3) is 5.69 Å². The Morgan fingerprint density at radius 1 is 1.30 bits per heavy atom. The predicted octanol–water partition coefficient (Wildman–Crippen LogP) is 5.18. The second-order valence-corrected chi connectivity index (χ2v) is 8.37. The maximum absolute atomic E-state index is 12.7. The van der Waals surface area contributed by atoms with E-state index in [1.807, 2.05) is 20.8 Å². The van der Waals surface area contributed by atoms with Gasteiger partial charge in [0.1, 0.15) is 12.1 Å². The second kappa shape index (κ2) is 8.85. The number of esters is 1. The van der Waals surface area contributed by atoms with Crippen molar-refractivity contribution in [1.82, 2.24) is 14.8 Å². The molecule has 0 aliphatic rings. The molecule has 1 aromatic heterocycles. The van der Waals surface area contributed by atoms with Crippen molar-refractivity contribution in [3.63, 3.8) is 0 Å². The van der Waals surface area contributed by atoms with E-state index in [1.165, 1.54) is 24.5 Å². The van der Waals surface area contributed by atoms with Crippen LogP contribution in [0, 0.1) is 17.0 Å². The van der Waals surface area contributed by atoms with Crippen molar-refractivity contribution in [2.24, 2.45) is 7.05 Å². The highest BCUT2D eigenvalue weighted by atomic mass is 35.5. The number of aryl methyl sites for hydroxylation is 2. The normalized spacial score (nSPS) is 11.0. The number of halogens is 1. The minimum absolute atomic E-state index is 0.0745. The van der Waals surface area contributed by atoms with E-state index < -0.39 is 10.9 Å². The number of nitrogens with zero attached hydrogens (tertiary/aromatic N) is 4. The summed E-state index contributed by atoms with van der Waals surface area (Å²) in [6, 6.07) is 7.67. The molecule has 0 aliphatic carbocycles. The summed E-state index contributed by atoms with van der Waals surface area (Å²) in [5.74, 6) is -0.223. The standard InChI is InChI=1S/C20H19ClN4O4S/c1-11(2)14-9-15(21)12(3)7-17(14)29-19(26)13-5-6-18(16(8-13)25(27)28)30-20-23-22-10-24(20)4/h5-11H,1-4H3. The highest BCUT2D eigenvalue weighted by Crippen LogP contribution is 2.35. The Labute approximate surface area is 182 Å². The molecule has 3 rings (SSSR count). The molecular weight excluding hydrogens is 428 g/mol. The quantitative estimate of drug-likeness (QED) is 0.222. The van der Waals surface area contributed by atoms with Gasteiger partial charge in [-0.05, 0) is 60.0 Å². The molecule has 156 valence electrons. The lowest BCUT2D eigenvalue weighted by Gasteiger charge is -2.15. The molecule has 30 heavy (non-hydrogen) atoms. The average molecular weight is 447 g/mol. The van der Waals surface area contributed by atoms with Gasteiger partial charge in [0.05, 0.1) is 15.4 Å². The van der Waals surface area contributed by atoms with E-state index in [-0.39, 0.29) is 17.2 Å². The Bertz CT molecular complexity index is 1130. The van der Waals surface area contributed by atoms with E-state index in [0.717, 1.165) is 22.9 Å². The summed E-state index contributed by atoms with van der Waals surface area (Å²) in [4.78, 5) is 24.1. The van der Waals surface area contributed by atoms with E-state index >= 15 is 0 Å². The number of carbonyl (C=O) groups is 1. The number of rotatable bonds is 6. The van der Waals surface area contributed by atoms with E-state index in [1.54, 1.807) is 23.7 Å². The number of nitro groups is 1. The number of hydrogen-bond acceptors (Lipinski definition) is 7. The second-order valence-electron chi connectivity index (χ2n) is 6.95. The molecule has 0 bridgehead atoms. The smallest absolute Gasteiger partial charge is 0.343 e. The summed E-state index contributed by atoms with van der Waals surface area (Å²) in [5.41, 5.74) is 1.41. The average Bonchev–Trinajstić information content (AvgIpc) is 3.08. The van der Waals surface area contributed by atoms with Gasteiger partial charge in [0.2, 0.25) is 0 Å². The third-order valence-corrected chi connectivity index (χ3v) is 5.90. The molecular formula is C20H19ClN4O4S. The summed E-state index contributed by atoms with van der Waals surface area (Å²) in [6.07, 6.45) is 1.50. The van der Waals surface area contributed by atoms with Gasteiger partial charge < -0.3 is 9.30 Å². The van der Waals surface area contributed by atoms with Crippen molar-refractivity contribution in [3.8, 4) is 5.75 Å². The van der Waals surface area contributed by atoms with Gasteiger partial charge in [-0.15, -0.1) is 10.2 Å². The molecule has 0 spiro atoms. The van der Waals surface area contributed by atoms with E-state index in [4.69, 9.17) is 16.3 Å². The third-order valence-electron chi connectivity index (χ3n) is 4.38. The number of nitro benzene ring substituents is 1. The zero-order valence-corrected chi connectivity index (χ0v) is 18.3. The third kappa shape index (κ3) is 4.63. The maximum atomic E-state index is 12.7. The largest absolute Gasteiger partial charge is 0.423 e. The molecule has 10 heteroatoms. The Balaban J connectivity index is 1.92. The van der Waals surface area contributed by atoms with Crippen LogP contribution in [-0.4, -0.2) is 25.7 Å². The molecule has 2 aromatic carbocycles. The summed E-state index contributed by atoms with van der Waals surface area (Å²) in [7, 11) is 1.74. The van der Waals surface area contributed by atoms with Crippen LogP contribution in [0.2, 0.25) is 5.02 Å². The highest BCUT2D eigenvalue weighted by Gasteiger charge is 2.22. The first-order valence-corrected chi connectivity index (χ1v) is 10.2. The first-order valence-electron chi connectivity index (χ1n) is 9.00. The highest BCUT2D eigenvalue weighted by molar-refractivity contribution is 7.99. The van der Waals surface area contributed by atoms with Crippen LogP contribution >= 0.6 is 23.4 Å². The van der Waals surface area contributed by atoms with Gasteiger partial charge in [0.15, 0.2) is 5.16 Å². The Morgan fingerprint density at radius 2 is 2.03 bits per heavy atom. The van der Waals surface area contributed by atoms with E-state index in [9.17, 15) is 14.9 Å². The molecule has 0 fully saturated rings.